The molecule has 0 aromatic heterocycles. The van der Waals surface area contributed by atoms with Crippen LogP contribution < -0.4 is 0 Å². The average molecular weight is 589 g/mol. The van der Waals surface area contributed by atoms with Crippen molar-refractivity contribution in [1.29, 1.82) is 0 Å². The molecular formula is C31H56O10. The maximum atomic E-state index is 13.7. The lowest BCUT2D eigenvalue weighted by atomic mass is 9.69. The molecule has 240 valence electrons. The number of methoxy groups -OCH3 is 1. The van der Waals surface area contributed by atoms with Crippen LogP contribution >= 0.6 is 0 Å². The van der Waals surface area contributed by atoms with E-state index in [1.165, 1.54) is 14.0 Å². The smallest absolute Gasteiger partial charge is 0.311 e. The number of cyclic esters (lactones) is 1. The number of ether oxygens (including phenoxy) is 4. The van der Waals surface area contributed by atoms with Gasteiger partial charge in [-0.2, -0.15) is 0 Å². The molecule has 2 rings (SSSR count). The molecule has 13 atom stereocenters. The van der Waals surface area contributed by atoms with E-state index in [1.54, 1.807) is 48.5 Å². The number of hydrogen-bond donors (Lipinski definition) is 4. The molecule has 0 aromatic rings. The van der Waals surface area contributed by atoms with Gasteiger partial charge in [-0.1, -0.05) is 34.6 Å². The van der Waals surface area contributed by atoms with Gasteiger partial charge in [0.1, 0.15) is 29.2 Å². The van der Waals surface area contributed by atoms with Crippen molar-refractivity contribution in [2.24, 2.45) is 23.7 Å². The van der Waals surface area contributed by atoms with Gasteiger partial charge in [0.05, 0.1) is 29.3 Å². The van der Waals surface area contributed by atoms with Crippen molar-refractivity contribution in [2.45, 2.75) is 154 Å². The van der Waals surface area contributed by atoms with Gasteiger partial charge < -0.3 is 39.4 Å². The Morgan fingerprint density at radius 3 is 2.07 bits per heavy atom. The summed E-state index contributed by atoms with van der Waals surface area (Å²) in [6, 6.07) is 0. The lowest BCUT2D eigenvalue weighted by molar-refractivity contribution is -0.298. The first kappa shape index (κ1) is 36.1. The van der Waals surface area contributed by atoms with Crippen molar-refractivity contribution in [3.05, 3.63) is 0 Å². The lowest BCUT2D eigenvalue weighted by Gasteiger charge is -2.48. The molecule has 2 aliphatic rings. The van der Waals surface area contributed by atoms with E-state index in [2.05, 4.69) is 0 Å². The molecule has 10 nitrogen and oxygen atoms in total. The van der Waals surface area contributed by atoms with Crippen molar-refractivity contribution in [1.82, 2.24) is 0 Å². The molecule has 2 heterocycles. The molecule has 0 spiro atoms. The Bertz CT molecular complexity index is 905. The van der Waals surface area contributed by atoms with E-state index in [4.69, 9.17) is 18.9 Å². The normalized spacial score (nSPS) is 49.3. The zero-order valence-electron chi connectivity index (χ0n) is 27.0. The van der Waals surface area contributed by atoms with E-state index in [1.807, 2.05) is 13.8 Å². The molecule has 41 heavy (non-hydrogen) atoms. The fraction of sp³-hybridized carbons (Fsp3) is 0.935. The molecule has 0 aromatic carbocycles. The van der Waals surface area contributed by atoms with Gasteiger partial charge in [-0.05, 0) is 65.7 Å². The van der Waals surface area contributed by atoms with Crippen LogP contribution in [-0.2, 0) is 28.5 Å². The van der Waals surface area contributed by atoms with Gasteiger partial charge >= 0.3 is 5.97 Å². The molecule has 0 bridgehead atoms. The highest BCUT2D eigenvalue weighted by molar-refractivity contribution is 5.82. The number of aliphatic hydroxyl groups is 4. The Balaban J connectivity index is 2.58. The summed E-state index contributed by atoms with van der Waals surface area (Å²) in [6.45, 7) is 17.1. The summed E-state index contributed by atoms with van der Waals surface area (Å²) in [7, 11) is 1.51. The van der Waals surface area contributed by atoms with Crippen LogP contribution in [0.25, 0.3) is 0 Å². The van der Waals surface area contributed by atoms with E-state index in [9.17, 15) is 30.0 Å². The predicted octanol–water partition coefficient (Wildman–Crippen LogP) is 3.14. The van der Waals surface area contributed by atoms with Crippen molar-refractivity contribution >= 4 is 11.8 Å². The average Bonchev–Trinajstić information content (AvgIpc) is 2.90. The minimum Gasteiger partial charge on any atom is -0.459 e. The minimum absolute atomic E-state index is 0.0545. The second-order valence-corrected chi connectivity index (χ2v) is 13.4. The maximum absolute atomic E-state index is 13.7. The SMILES string of the molecule is CC[C@H]1OC(=O)[C@H](C)[C@@H](O[C@H]2C[C@@](C)(OC)[C@@H](O)[C@H](C)O2)[C@H](C)[C@@H](C)[C@](C)(O)C[C@@H](C)C(=O)C[C@@](O)(CC)[C@]1(C)O. The largest absolute Gasteiger partial charge is 0.459 e. The Hall–Kier alpha value is -1.14. The zero-order valence-corrected chi connectivity index (χ0v) is 27.0. The van der Waals surface area contributed by atoms with Crippen LogP contribution in [0.3, 0.4) is 0 Å². The molecule has 2 saturated heterocycles. The summed E-state index contributed by atoms with van der Waals surface area (Å²) in [5.74, 6) is -3.25. The van der Waals surface area contributed by atoms with Gasteiger partial charge in [-0.15, -0.1) is 0 Å². The van der Waals surface area contributed by atoms with Crippen LogP contribution in [0.4, 0.5) is 0 Å². The highest BCUT2D eigenvalue weighted by Crippen LogP contribution is 2.41. The first-order valence-corrected chi connectivity index (χ1v) is 15.2. The van der Waals surface area contributed by atoms with Gasteiger partial charge in [0.2, 0.25) is 0 Å². The molecule has 0 radical (unpaired) electrons. The molecule has 10 heteroatoms. The van der Waals surface area contributed by atoms with E-state index in [0.717, 1.165) is 0 Å². The summed E-state index contributed by atoms with van der Waals surface area (Å²) in [6.07, 6.45) is -3.98. The highest BCUT2D eigenvalue weighted by atomic mass is 16.7. The van der Waals surface area contributed by atoms with Crippen molar-refractivity contribution in [3.8, 4) is 0 Å². The number of aliphatic hydroxyl groups excluding tert-OH is 1. The molecular weight excluding hydrogens is 532 g/mol. The molecule has 0 saturated carbocycles. The van der Waals surface area contributed by atoms with E-state index >= 15 is 0 Å². The monoisotopic (exact) mass is 588 g/mol. The predicted molar refractivity (Wildman–Crippen MR) is 153 cm³/mol. The number of Topliss-reactive ketones (excluding diaryl/α,β-unsaturated/α-hetero) is 1. The third kappa shape index (κ3) is 7.33. The van der Waals surface area contributed by atoms with E-state index < -0.39 is 82.8 Å². The lowest BCUT2D eigenvalue weighted by Crippen LogP contribution is -2.61. The standard InChI is InChI=1S/C31H56O10/c1-12-23-30(10,36)31(37,13-2)15-22(32)17(3)14-28(8,35)20(6)18(4)25(19(5)27(34)40-23)41-24-16-29(9,38-11)26(33)21(7)39-24/h17-21,23-26,33,35-37H,12-16H2,1-11H3/t17-,18-,19-,20-,21+,23-,24+,25+,26+,28-,29-,30-,31+/m1/s1. The molecule has 4 N–H and O–H groups in total. The topological polar surface area (TPSA) is 152 Å². The van der Waals surface area contributed by atoms with Crippen molar-refractivity contribution < 1.29 is 49.0 Å². The first-order chi connectivity index (χ1) is 18.7. The van der Waals surface area contributed by atoms with Gasteiger partial charge in [0.15, 0.2) is 6.29 Å². The van der Waals surface area contributed by atoms with Gasteiger partial charge in [-0.25, -0.2) is 0 Å². The second-order valence-electron chi connectivity index (χ2n) is 13.4. The number of carbonyl (C=O) groups excluding carboxylic acids is 2. The minimum atomic E-state index is -1.93. The number of ketones is 1. The van der Waals surface area contributed by atoms with Crippen LogP contribution in [0.15, 0.2) is 0 Å². The third-order valence-electron chi connectivity index (χ3n) is 10.5. The van der Waals surface area contributed by atoms with E-state index in [-0.39, 0.29) is 37.9 Å². The second kappa shape index (κ2) is 13.2. The number of carbonyl (C=O) groups is 2. The molecule has 0 unspecified atom stereocenters. The molecule has 2 aliphatic heterocycles. The Labute approximate surface area is 246 Å². The van der Waals surface area contributed by atoms with Crippen LogP contribution in [0.2, 0.25) is 0 Å². The fourth-order valence-corrected chi connectivity index (χ4v) is 6.64. The zero-order chi connectivity index (χ0) is 31.7. The number of rotatable bonds is 5. The quantitative estimate of drug-likeness (QED) is 0.353. The van der Waals surface area contributed by atoms with Gasteiger partial charge in [0, 0.05) is 25.9 Å². The summed E-state index contributed by atoms with van der Waals surface area (Å²) >= 11 is 0. The Kier molecular flexibility index (Phi) is 11.6. The van der Waals surface area contributed by atoms with E-state index in [0.29, 0.717) is 0 Å². The summed E-state index contributed by atoms with van der Waals surface area (Å²) in [5, 5.41) is 45.5. The van der Waals surface area contributed by atoms with Gasteiger partial charge in [0.25, 0.3) is 0 Å². The Morgan fingerprint density at radius 1 is 0.976 bits per heavy atom. The van der Waals surface area contributed by atoms with Crippen LogP contribution in [-0.4, -0.2) is 92.4 Å². The Morgan fingerprint density at radius 2 is 1.56 bits per heavy atom. The fourth-order valence-electron chi connectivity index (χ4n) is 6.64. The van der Waals surface area contributed by atoms with Gasteiger partial charge in [-0.3, -0.25) is 9.59 Å². The highest BCUT2D eigenvalue weighted by Gasteiger charge is 2.54. The van der Waals surface area contributed by atoms with Crippen LogP contribution in [0.5, 0.6) is 0 Å². The number of hydrogen-bond acceptors (Lipinski definition) is 10. The molecule has 2 fully saturated rings. The molecule has 0 amide bonds. The summed E-state index contributed by atoms with van der Waals surface area (Å²) in [4.78, 5) is 27.0. The van der Waals surface area contributed by atoms with Crippen molar-refractivity contribution in [3.63, 3.8) is 0 Å². The van der Waals surface area contributed by atoms with Crippen molar-refractivity contribution in [2.75, 3.05) is 7.11 Å². The third-order valence-corrected chi connectivity index (χ3v) is 10.5. The van der Waals surface area contributed by atoms with Crippen LogP contribution in [0.1, 0.15) is 101 Å². The first-order valence-electron chi connectivity index (χ1n) is 15.2. The van der Waals surface area contributed by atoms with Crippen LogP contribution in [0, 0.1) is 23.7 Å². The maximum Gasteiger partial charge on any atom is 0.311 e. The summed E-state index contributed by atoms with van der Waals surface area (Å²) < 4.78 is 24.0. The molecule has 0 aliphatic carbocycles. The number of esters is 1. The summed E-state index contributed by atoms with van der Waals surface area (Å²) in [5.41, 5.74) is -6.06.